The lowest BCUT2D eigenvalue weighted by molar-refractivity contribution is 0.207. The van der Waals surface area contributed by atoms with Crippen LogP contribution in [0.1, 0.15) is 26.8 Å². The smallest absolute Gasteiger partial charge is 0.353 e. The molecule has 110 valence electrons. The van der Waals surface area contributed by atoms with E-state index in [-0.39, 0.29) is 18.3 Å². The van der Waals surface area contributed by atoms with E-state index in [1.165, 1.54) is 0 Å². The molecule has 1 aromatic carbocycles. The zero-order chi connectivity index (χ0) is 15.5. The van der Waals surface area contributed by atoms with Gasteiger partial charge >= 0.3 is 7.60 Å². The molecule has 0 aromatic heterocycles. The van der Waals surface area contributed by atoms with Gasteiger partial charge in [-0.05, 0) is 31.6 Å². The van der Waals surface area contributed by atoms with E-state index in [2.05, 4.69) is 10.6 Å². The lowest BCUT2D eigenvalue weighted by Gasteiger charge is -2.26. The van der Waals surface area contributed by atoms with Crippen molar-refractivity contribution in [2.24, 2.45) is 0 Å². The van der Waals surface area contributed by atoms with Crippen LogP contribution in [0.25, 0.3) is 0 Å². The molecular weight excluding hydrogens is 295 g/mol. The maximum atomic E-state index is 13.0. The fourth-order valence-electron chi connectivity index (χ4n) is 2.05. The van der Waals surface area contributed by atoms with Crippen LogP contribution in [0.4, 0.5) is 0 Å². The lowest BCUT2D eigenvalue weighted by atomic mass is 10.1. The highest BCUT2D eigenvalue weighted by Gasteiger charge is 2.46. The molecule has 0 aliphatic carbocycles. The molecule has 0 bridgehead atoms. The highest BCUT2D eigenvalue weighted by Crippen LogP contribution is 2.56. The Hall–Kier alpha value is -0.940. The van der Waals surface area contributed by atoms with E-state index in [4.69, 9.17) is 22.6 Å². The first-order valence-electron chi connectivity index (χ1n) is 6.99. The summed E-state index contributed by atoms with van der Waals surface area (Å²) < 4.78 is 32.5. The zero-order valence-electron chi connectivity index (χ0n) is 12.5. The standard InChI is InChI=1S/C13H19N2O3PS/c1-3-17-19(16,18-4-2)12-11(14-13(20)15-12)10-8-6-5-7-9-10/h5-9,11-12H,3-4H2,1-2H3,(H2,14,15,20)/t11-,12+/m0/s1/i11D. The summed E-state index contributed by atoms with van der Waals surface area (Å²) in [5, 5.41) is 6.01. The molecule has 1 aliphatic heterocycles. The highest BCUT2D eigenvalue weighted by atomic mass is 32.1. The molecule has 1 aromatic rings. The molecule has 5 nitrogen and oxygen atoms in total. The Labute approximate surface area is 126 Å². The largest absolute Gasteiger partial charge is 0.355 e. The summed E-state index contributed by atoms with van der Waals surface area (Å²) in [5.74, 6) is -0.903. The van der Waals surface area contributed by atoms with Gasteiger partial charge in [0.15, 0.2) is 10.9 Å². The minimum Gasteiger partial charge on any atom is -0.353 e. The molecule has 2 rings (SSSR count). The Morgan fingerprint density at radius 2 is 1.85 bits per heavy atom. The number of hydrogen-bond donors (Lipinski definition) is 2. The van der Waals surface area contributed by atoms with Gasteiger partial charge in [-0.15, -0.1) is 0 Å². The molecular formula is C13H19N2O3PS. The monoisotopic (exact) mass is 315 g/mol. The number of thiocarbonyl (C=S) groups is 1. The molecule has 0 spiro atoms. The van der Waals surface area contributed by atoms with Crippen molar-refractivity contribution in [2.45, 2.75) is 25.6 Å². The molecule has 0 unspecified atom stereocenters. The van der Waals surface area contributed by atoms with Crippen LogP contribution in [0.3, 0.4) is 0 Å². The van der Waals surface area contributed by atoms with Crippen LogP contribution in [-0.4, -0.2) is 24.1 Å². The van der Waals surface area contributed by atoms with Crippen molar-refractivity contribution in [3.05, 3.63) is 35.9 Å². The third-order valence-corrected chi connectivity index (χ3v) is 5.28. The first-order valence-corrected chi connectivity index (χ1v) is 8.51. The van der Waals surface area contributed by atoms with Gasteiger partial charge in [-0.1, -0.05) is 30.3 Å². The van der Waals surface area contributed by atoms with E-state index in [0.29, 0.717) is 5.56 Å². The van der Waals surface area contributed by atoms with Gasteiger partial charge in [0.25, 0.3) is 0 Å². The van der Waals surface area contributed by atoms with E-state index in [1.807, 2.05) is 18.2 Å². The number of nitrogens with one attached hydrogen (secondary N) is 2. The van der Waals surface area contributed by atoms with Crippen LogP contribution < -0.4 is 10.6 Å². The average Bonchev–Trinajstić information content (AvgIpc) is 2.77. The van der Waals surface area contributed by atoms with Gasteiger partial charge in [-0.3, -0.25) is 4.57 Å². The Morgan fingerprint density at radius 1 is 1.25 bits per heavy atom. The Bertz CT molecular complexity index is 550. The SMILES string of the molecule is [2H][C@@]1(c2ccccc2)NC(=S)N[C@@H]1P(=O)(OCC)OCC. The van der Waals surface area contributed by atoms with Gasteiger partial charge in [-0.25, -0.2) is 0 Å². The number of benzene rings is 1. The van der Waals surface area contributed by atoms with E-state index in [0.717, 1.165) is 0 Å². The van der Waals surface area contributed by atoms with Gasteiger partial charge in [0, 0.05) is 0 Å². The second-order valence-corrected chi connectivity index (χ2v) is 6.68. The lowest BCUT2D eigenvalue weighted by Crippen LogP contribution is -2.29. The normalized spacial score (nSPS) is 26.8. The Morgan fingerprint density at radius 3 is 2.40 bits per heavy atom. The van der Waals surface area contributed by atoms with Crippen molar-refractivity contribution in [3.63, 3.8) is 0 Å². The quantitative estimate of drug-likeness (QED) is 0.622. The van der Waals surface area contributed by atoms with Gasteiger partial charge in [0.2, 0.25) is 0 Å². The molecule has 1 saturated heterocycles. The van der Waals surface area contributed by atoms with Gasteiger partial charge in [-0.2, -0.15) is 0 Å². The van der Waals surface area contributed by atoms with Crippen molar-refractivity contribution < 1.29 is 15.0 Å². The maximum absolute atomic E-state index is 13.0. The third kappa shape index (κ3) is 3.20. The predicted octanol–water partition coefficient (Wildman–Crippen LogP) is 2.80. The summed E-state index contributed by atoms with van der Waals surface area (Å²) in [6.45, 7) is 3.93. The number of rotatable bonds is 6. The molecule has 0 radical (unpaired) electrons. The topological polar surface area (TPSA) is 59.6 Å². The maximum Gasteiger partial charge on any atom is 0.355 e. The van der Waals surface area contributed by atoms with Gasteiger partial charge in [0.05, 0.1) is 20.6 Å². The summed E-state index contributed by atoms with van der Waals surface area (Å²) in [6, 6.07) is 7.65. The summed E-state index contributed by atoms with van der Waals surface area (Å²) in [4.78, 5) is 0. The highest BCUT2D eigenvalue weighted by molar-refractivity contribution is 7.80. The van der Waals surface area contributed by atoms with Crippen LogP contribution in [0.2, 0.25) is 0 Å². The van der Waals surface area contributed by atoms with Crippen molar-refractivity contribution in [3.8, 4) is 0 Å². The molecule has 1 heterocycles. The van der Waals surface area contributed by atoms with E-state index < -0.39 is 19.4 Å². The third-order valence-electron chi connectivity index (χ3n) is 2.81. The van der Waals surface area contributed by atoms with Crippen LogP contribution in [0.15, 0.2) is 30.3 Å². The predicted molar refractivity (Wildman–Crippen MR) is 82.7 cm³/mol. The Kier molecular flexibility index (Phi) is 4.68. The van der Waals surface area contributed by atoms with Crippen LogP contribution in [0, 0.1) is 0 Å². The first-order chi connectivity index (χ1) is 9.96. The molecule has 1 aliphatic rings. The molecule has 20 heavy (non-hydrogen) atoms. The molecule has 7 heteroatoms. The van der Waals surface area contributed by atoms with Crippen molar-refractivity contribution in [1.82, 2.24) is 10.6 Å². The summed E-state index contributed by atoms with van der Waals surface area (Å²) in [6.07, 6.45) is 0. The minimum atomic E-state index is -3.54. The fourth-order valence-corrected chi connectivity index (χ4v) is 4.28. The Balaban J connectivity index is 2.44. The first kappa shape index (κ1) is 14.0. The second kappa shape index (κ2) is 6.68. The van der Waals surface area contributed by atoms with Crippen LogP contribution in [0.5, 0.6) is 0 Å². The van der Waals surface area contributed by atoms with Crippen LogP contribution in [-0.2, 0) is 13.6 Å². The number of hydrogen-bond acceptors (Lipinski definition) is 4. The summed E-state index contributed by atoms with van der Waals surface area (Å²) >= 11 is 5.11. The minimum absolute atomic E-state index is 0.229. The molecule has 0 saturated carbocycles. The zero-order valence-corrected chi connectivity index (χ0v) is 13.2. The average molecular weight is 315 g/mol. The van der Waals surface area contributed by atoms with Gasteiger partial charge < -0.3 is 19.7 Å². The van der Waals surface area contributed by atoms with E-state index in [9.17, 15) is 4.57 Å². The van der Waals surface area contributed by atoms with Gasteiger partial charge in [0.1, 0.15) is 0 Å². The fraction of sp³-hybridized carbons (Fsp3) is 0.462. The summed E-state index contributed by atoms with van der Waals surface area (Å²) in [5.41, 5.74) is 0.641. The molecule has 2 N–H and O–H groups in total. The molecule has 1 fully saturated rings. The molecule has 0 amide bonds. The van der Waals surface area contributed by atoms with Crippen LogP contribution >= 0.6 is 19.8 Å². The van der Waals surface area contributed by atoms with E-state index in [1.54, 1.807) is 26.0 Å². The molecule has 2 atom stereocenters. The van der Waals surface area contributed by atoms with Crippen molar-refractivity contribution in [1.29, 1.82) is 0 Å². The van der Waals surface area contributed by atoms with Crippen molar-refractivity contribution in [2.75, 3.05) is 13.2 Å². The second-order valence-electron chi connectivity index (χ2n) is 4.16. The van der Waals surface area contributed by atoms with E-state index >= 15 is 0 Å². The summed E-state index contributed by atoms with van der Waals surface area (Å²) in [7, 11) is -3.54. The van der Waals surface area contributed by atoms with Crippen molar-refractivity contribution >= 4 is 24.9 Å².